The molecule has 0 aliphatic heterocycles. The van der Waals surface area contributed by atoms with Crippen LogP contribution >= 0.6 is 0 Å². The minimum absolute atomic E-state index is 0.464. The molecule has 0 spiro atoms. The molecular formula is C12H12F2N2. The molecule has 0 aliphatic carbocycles. The molecule has 0 saturated carbocycles. The third-order valence-electron chi connectivity index (χ3n) is 2.76. The van der Waals surface area contributed by atoms with Crippen LogP contribution in [0.5, 0.6) is 0 Å². The fourth-order valence-electron chi connectivity index (χ4n) is 1.80. The van der Waals surface area contributed by atoms with Crippen molar-refractivity contribution in [2.24, 2.45) is 0 Å². The molecule has 0 amide bonds. The molecule has 1 aromatic heterocycles. The van der Waals surface area contributed by atoms with Crippen molar-refractivity contribution < 1.29 is 8.78 Å². The van der Waals surface area contributed by atoms with Crippen LogP contribution in [0.4, 0.5) is 14.5 Å². The molecule has 1 aromatic carbocycles. The molecule has 1 N–H and O–H groups in total. The van der Waals surface area contributed by atoms with Crippen LogP contribution in [0.3, 0.4) is 0 Å². The molecular weight excluding hydrogens is 210 g/mol. The van der Waals surface area contributed by atoms with Crippen LogP contribution in [0.1, 0.15) is 11.3 Å². The van der Waals surface area contributed by atoms with Crippen LogP contribution in [0, 0.1) is 25.5 Å². The average Bonchev–Trinajstić information content (AvgIpc) is 2.24. The summed E-state index contributed by atoms with van der Waals surface area (Å²) in [6.45, 7) is 3.74. The lowest BCUT2D eigenvalue weighted by atomic mass is 10.1. The summed E-state index contributed by atoms with van der Waals surface area (Å²) >= 11 is 0. The molecule has 2 nitrogen and oxygen atoms in total. The molecule has 4 heteroatoms. The summed E-state index contributed by atoms with van der Waals surface area (Å²) in [6.07, 6.45) is 0. The number of benzene rings is 1. The minimum atomic E-state index is -0.870. The predicted octanol–water partition coefficient (Wildman–Crippen LogP) is 3.17. The van der Waals surface area contributed by atoms with E-state index < -0.39 is 11.6 Å². The fourth-order valence-corrected chi connectivity index (χ4v) is 1.80. The van der Waals surface area contributed by atoms with Gasteiger partial charge in [-0.05, 0) is 25.5 Å². The van der Waals surface area contributed by atoms with E-state index in [1.807, 2.05) is 13.8 Å². The Kier molecular flexibility index (Phi) is 2.50. The van der Waals surface area contributed by atoms with E-state index in [1.54, 1.807) is 7.05 Å². The van der Waals surface area contributed by atoms with Crippen LogP contribution in [-0.4, -0.2) is 12.0 Å². The molecule has 16 heavy (non-hydrogen) atoms. The summed E-state index contributed by atoms with van der Waals surface area (Å²) in [5, 5.41) is 3.60. The molecule has 84 valence electrons. The average molecular weight is 222 g/mol. The summed E-state index contributed by atoms with van der Waals surface area (Å²) in [5.74, 6) is -1.72. The molecule has 0 bridgehead atoms. The Morgan fingerprint density at radius 3 is 2.38 bits per heavy atom. The van der Waals surface area contributed by atoms with Gasteiger partial charge < -0.3 is 5.32 Å². The highest BCUT2D eigenvalue weighted by molar-refractivity contribution is 5.93. The number of aryl methyl sites for hydroxylation is 1. The lowest BCUT2D eigenvalue weighted by Crippen LogP contribution is -1.99. The zero-order valence-electron chi connectivity index (χ0n) is 9.36. The first-order chi connectivity index (χ1) is 7.54. The Morgan fingerprint density at radius 2 is 1.75 bits per heavy atom. The van der Waals surface area contributed by atoms with E-state index in [0.717, 1.165) is 23.0 Å². The SMILES string of the molecule is CNc1c(C)c(C)nc2cc(F)c(F)cc12. The molecule has 0 fully saturated rings. The number of anilines is 1. The number of nitrogens with zero attached hydrogens (tertiary/aromatic N) is 1. The molecule has 0 radical (unpaired) electrons. The van der Waals surface area contributed by atoms with E-state index in [0.29, 0.717) is 10.9 Å². The Hall–Kier alpha value is -1.71. The van der Waals surface area contributed by atoms with Crippen LogP contribution in [0.2, 0.25) is 0 Å². The monoisotopic (exact) mass is 222 g/mol. The maximum Gasteiger partial charge on any atom is 0.161 e. The van der Waals surface area contributed by atoms with Gasteiger partial charge in [-0.1, -0.05) is 0 Å². The van der Waals surface area contributed by atoms with Crippen molar-refractivity contribution >= 4 is 16.6 Å². The Morgan fingerprint density at radius 1 is 1.12 bits per heavy atom. The Balaban J connectivity index is 2.91. The third-order valence-corrected chi connectivity index (χ3v) is 2.76. The number of nitrogens with one attached hydrogen (secondary N) is 1. The number of rotatable bonds is 1. The highest BCUT2D eigenvalue weighted by atomic mass is 19.2. The van der Waals surface area contributed by atoms with Gasteiger partial charge in [0.05, 0.1) is 5.52 Å². The maximum atomic E-state index is 13.2. The van der Waals surface area contributed by atoms with Gasteiger partial charge in [0.15, 0.2) is 11.6 Å². The van der Waals surface area contributed by atoms with E-state index in [2.05, 4.69) is 10.3 Å². The van der Waals surface area contributed by atoms with Gasteiger partial charge in [0.2, 0.25) is 0 Å². The van der Waals surface area contributed by atoms with Crippen LogP contribution in [-0.2, 0) is 0 Å². The van der Waals surface area contributed by atoms with Gasteiger partial charge in [-0.25, -0.2) is 8.78 Å². The lowest BCUT2D eigenvalue weighted by Gasteiger charge is -2.12. The van der Waals surface area contributed by atoms with Crippen molar-refractivity contribution in [1.82, 2.24) is 4.98 Å². The van der Waals surface area contributed by atoms with Gasteiger partial charge in [0, 0.05) is 29.9 Å². The summed E-state index contributed by atoms with van der Waals surface area (Å²) < 4.78 is 26.2. The quantitative estimate of drug-likeness (QED) is 0.801. The van der Waals surface area contributed by atoms with Crippen molar-refractivity contribution in [3.05, 3.63) is 35.0 Å². The fraction of sp³-hybridized carbons (Fsp3) is 0.250. The number of aromatic nitrogens is 1. The van der Waals surface area contributed by atoms with E-state index in [1.165, 1.54) is 6.07 Å². The standard InChI is InChI=1S/C12H12F2N2/c1-6-7(2)16-11-5-10(14)9(13)4-8(11)12(6)15-3/h4-5H,1-3H3,(H,15,16). The largest absolute Gasteiger partial charge is 0.387 e. The number of pyridine rings is 1. The Labute approximate surface area is 92.3 Å². The van der Waals surface area contributed by atoms with Gasteiger partial charge in [0.25, 0.3) is 0 Å². The number of hydrogen-bond donors (Lipinski definition) is 1. The molecule has 0 saturated heterocycles. The first-order valence-corrected chi connectivity index (χ1v) is 4.98. The highest BCUT2D eigenvalue weighted by Gasteiger charge is 2.11. The second-order valence-corrected chi connectivity index (χ2v) is 3.73. The van der Waals surface area contributed by atoms with Crippen LogP contribution < -0.4 is 5.32 Å². The molecule has 1 heterocycles. The van der Waals surface area contributed by atoms with E-state index in [4.69, 9.17) is 0 Å². The van der Waals surface area contributed by atoms with Gasteiger partial charge in [-0.3, -0.25) is 4.98 Å². The van der Waals surface area contributed by atoms with Gasteiger partial charge in [-0.2, -0.15) is 0 Å². The second kappa shape index (κ2) is 3.70. The van der Waals surface area contributed by atoms with Gasteiger partial charge >= 0.3 is 0 Å². The molecule has 2 rings (SSSR count). The van der Waals surface area contributed by atoms with Gasteiger partial charge in [-0.15, -0.1) is 0 Å². The second-order valence-electron chi connectivity index (χ2n) is 3.73. The Bertz CT molecular complexity index is 559. The smallest absolute Gasteiger partial charge is 0.161 e. The number of fused-ring (bicyclic) bond motifs is 1. The van der Waals surface area contributed by atoms with E-state index >= 15 is 0 Å². The summed E-state index contributed by atoms with van der Waals surface area (Å²) in [5.41, 5.74) is 3.01. The third kappa shape index (κ3) is 1.50. The molecule has 0 unspecified atom stereocenters. The highest BCUT2D eigenvalue weighted by Crippen LogP contribution is 2.28. The van der Waals surface area contributed by atoms with Crippen molar-refractivity contribution in [2.75, 3.05) is 12.4 Å². The summed E-state index contributed by atoms with van der Waals surface area (Å²) in [7, 11) is 1.75. The molecule has 0 atom stereocenters. The van der Waals surface area contributed by atoms with Crippen molar-refractivity contribution in [3.8, 4) is 0 Å². The van der Waals surface area contributed by atoms with Crippen molar-refractivity contribution in [2.45, 2.75) is 13.8 Å². The first-order valence-electron chi connectivity index (χ1n) is 4.98. The number of hydrogen-bond acceptors (Lipinski definition) is 2. The summed E-state index contributed by atoms with van der Waals surface area (Å²) in [6, 6.07) is 2.30. The van der Waals surface area contributed by atoms with Gasteiger partial charge in [0.1, 0.15) is 0 Å². The molecule has 0 aliphatic rings. The zero-order chi connectivity index (χ0) is 11.9. The van der Waals surface area contributed by atoms with Crippen LogP contribution in [0.25, 0.3) is 10.9 Å². The normalized spacial score (nSPS) is 10.8. The minimum Gasteiger partial charge on any atom is -0.387 e. The maximum absolute atomic E-state index is 13.2. The zero-order valence-corrected chi connectivity index (χ0v) is 9.36. The summed E-state index contributed by atoms with van der Waals surface area (Å²) in [4.78, 5) is 4.24. The van der Waals surface area contributed by atoms with Crippen molar-refractivity contribution in [1.29, 1.82) is 0 Å². The lowest BCUT2D eigenvalue weighted by molar-refractivity contribution is 0.510. The van der Waals surface area contributed by atoms with Crippen molar-refractivity contribution in [3.63, 3.8) is 0 Å². The topological polar surface area (TPSA) is 24.9 Å². The van der Waals surface area contributed by atoms with E-state index in [9.17, 15) is 8.78 Å². The van der Waals surface area contributed by atoms with Crippen LogP contribution in [0.15, 0.2) is 12.1 Å². The molecule has 2 aromatic rings. The van der Waals surface area contributed by atoms with E-state index in [-0.39, 0.29) is 0 Å². The predicted molar refractivity (Wildman–Crippen MR) is 60.7 cm³/mol. The number of halogens is 2. The first kappa shape index (κ1) is 10.8.